The Morgan fingerprint density at radius 1 is 1.19 bits per heavy atom. The lowest BCUT2D eigenvalue weighted by molar-refractivity contribution is -0.136. The molecule has 0 spiro atoms. The summed E-state index contributed by atoms with van der Waals surface area (Å²) in [5.41, 5.74) is 0. The van der Waals surface area contributed by atoms with E-state index in [0.29, 0.717) is 13.1 Å². The Labute approximate surface area is 130 Å². The van der Waals surface area contributed by atoms with Crippen LogP contribution in [0.25, 0.3) is 0 Å². The Bertz CT molecular complexity index is 361. The van der Waals surface area contributed by atoms with Crippen LogP contribution in [0.4, 0.5) is 0 Å². The smallest absolute Gasteiger partial charge is 0.225 e. The second-order valence-electron chi connectivity index (χ2n) is 5.88. The molecule has 1 unspecified atom stereocenters. The molecule has 1 saturated carbocycles. The van der Waals surface area contributed by atoms with Gasteiger partial charge >= 0.3 is 0 Å². The highest BCUT2D eigenvalue weighted by Crippen LogP contribution is 2.32. The number of carbonyl (C=O) groups is 2. The Balaban J connectivity index is 1.63. The lowest BCUT2D eigenvalue weighted by atomic mass is 9.97. The highest BCUT2D eigenvalue weighted by atomic mass is 32.2. The monoisotopic (exact) mass is 314 g/mol. The lowest BCUT2D eigenvalue weighted by Crippen LogP contribution is -2.46. The number of aliphatic hydroxyl groups is 1. The number of nitrogens with one attached hydrogen (secondary N) is 1. The van der Waals surface area contributed by atoms with E-state index in [2.05, 4.69) is 5.32 Å². The first-order valence-electron chi connectivity index (χ1n) is 7.97. The third-order valence-corrected chi connectivity index (χ3v) is 5.09. The molecule has 6 heteroatoms. The van der Waals surface area contributed by atoms with E-state index in [1.54, 1.807) is 11.8 Å². The van der Waals surface area contributed by atoms with Crippen molar-refractivity contribution >= 4 is 23.6 Å². The van der Waals surface area contributed by atoms with Gasteiger partial charge in [0.25, 0.3) is 0 Å². The van der Waals surface area contributed by atoms with E-state index < -0.39 is 0 Å². The van der Waals surface area contributed by atoms with Gasteiger partial charge < -0.3 is 15.3 Å². The number of piperidine rings is 1. The van der Waals surface area contributed by atoms with E-state index in [1.807, 2.05) is 4.90 Å². The van der Waals surface area contributed by atoms with Crippen molar-refractivity contribution in [3.63, 3.8) is 0 Å². The van der Waals surface area contributed by atoms with Crippen molar-refractivity contribution in [2.24, 2.45) is 11.8 Å². The van der Waals surface area contributed by atoms with Crippen LogP contribution in [0.1, 0.15) is 32.1 Å². The van der Waals surface area contributed by atoms with Gasteiger partial charge in [-0.3, -0.25) is 9.59 Å². The Morgan fingerprint density at radius 2 is 2.00 bits per heavy atom. The molecule has 120 valence electrons. The first-order chi connectivity index (χ1) is 10.2. The maximum Gasteiger partial charge on any atom is 0.225 e. The zero-order valence-corrected chi connectivity index (χ0v) is 13.4. The highest BCUT2D eigenvalue weighted by Gasteiger charge is 2.36. The Hall–Kier alpha value is -0.750. The molecule has 2 N–H and O–H groups in total. The third kappa shape index (κ3) is 5.51. The normalized spacial score (nSPS) is 22.1. The molecule has 0 aromatic carbocycles. The molecule has 1 atom stereocenters. The summed E-state index contributed by atoms with van der Waals surface area (Å²) in [6, 6.07) is 0. The van der Waals surface area contributed by atoms with Gasteiger partial charge in [-0.15, -0.1) is 0 Å². The van der Waals surface area contributed by atoms with Gasteiger partial charge in [-0.2, -0.15) is 11.8 Å². The van der Waals surface area contributed by atoms with Gasteiger partial charge in [0.1, 0.15) is 0 Å². The number of carbonyl (C=O) groups excluding carboxylic acids is 2. The SMILES string of the molecule is O=C(NCCSCCCO)C1CCCN(C(=O)C2CC2)C1. The van der Waals surface area contributed by atoms with Gasteiger partial charge in [0.15, 0.2) is 0 Å². The second kappa shape index (κ2) is 8.63. The van der Waals surface area contributed by atoms with Gasteiger partial charge in [0.2, 0.25) is 11.8 Å². The van der Waals surface area contributed by atoms with E-state index in [9.17, 15) is 9.59 Å². The van der Waals surface area contributed by atoms with Gasteiger partial charge in [0, 0.05) is 37.9 Å². The van der Waals surface area contributed by atoms with E-state index in [1.165, 1.54) is 0 Å². The van der Waals surface area contributed by atoms with Crippen LogP contribution in [0.2, 0.25) is 0 Å². The Morgan fingerprint density at radius 3 is 2.71 bits per heavy atom. The number of nitrogens with zero attached hydrogens (tertiary/aromatic N) is 1. The second-order valence-corrected chi connectivity index (χ2v) is 7.10. The molecule has 2 rings (SSSR count). The Kier molecular flexibility index (Phi) is 6.83. The molecule has 0 bridgehead atoms. The molecule has 2 fully saturated rings. The summed E-state index contributed by atoms with van der Waals surface area (Å²) in [7, 11) is 0. The lowest BCUT2D eigenvalue weighted by Gasteiger charge is -2.32. The highest BCUT2D eigenvalue weighted by molar-refractivity contribution is 7.99. The predicted molar refractivity (Wildman–Crippen MR) is 84.1 cm³/mol. The number of amides is 2. The summed E-state index contributed by atoms with van der Waals surface area (Å²) in [4.78, 5) is 26.1. The van der Waals surface area contributed by atoms with E-state index in [0.717, 1.165) is 50.2 Å². The predicted octanol–water partition coefficient (Wildman–Crippen LogP) is 0.867. The van der Waals surface area contributed by atoms with Crippen molar-refractivity contribution in [3.05, 3.63) is 0 Å². The molecule has 1 aliphatic carbocycles. The van der Waals surface area contributed by atoms with E-state index >= 15 is 0 Å². The number of thioether (sulfide) groups is 1. The summed E-state index contributed by atoms with van der Waals surface area (Å²) in [5, 5.41) is 11.7. The van der Waals surface area contributed by atoms with Crippen molar-refractivity contribution in [3.8, 4) is 0 Å². The first kappa shape index (κ1) is 16.6. The van der Waals surface area contributed by atoms with Crippen LogP contribution >= 0.6 is 11.8 Å². The number of hydrogen-bond acceptors (Lipinski definition) is 4. The third-order valence-electron chi connectivity index (χ3n) is 4.02. The van der Waals surface area contributed by atoms with E-state index in [-0.39, 0.29) is 30.3 Å². The molecule has 1 heterocycles. The van der Waals surface area contributed by atoms with Crippen molar-refractivity contribution in [2.45, 2.75) is 32.1 Å². The average molecular weight is 314 g/mol. The van der Waals surface area contributed by atoms with Crippen LogP contribution < -0.4 is 5.32 Å². The van der Waals surface area contributed by atoms with Crippen molar-refractivity contribution in [1.29, 1.82) is 0 Å². The van der Waals surface area contributed by atoms with Crippen LogP contribution in [0.3, 0.4) is 0 Å². The number of rotatable bonds is 8. The first-order valence-corrected chi connectivity index (χ1v) is 9.13. The number of hydrogen-bond donors (Lipinski definition) is 2. The van der Waals surface area contributed by atoms with E-state index in [4.69, 9.17) is 5.11 Å². The fraction of sp³-hybridized carbons (Fsp3) is 0.867. The van der Waals surface area contributed by atoms with Gasteiger partial charge in [0.05, 0.1) is 5.92 Å². The molecule has 2 amide bonds. The van der Waals surface area contributed by atoms with Gasteiger partial charge in [-0.05, 0) is 37.9 Å². The zero-order chi connectivity index (χ0) is 15.1. The van der Waals surface area contributed by atoms with Crippen LogP contribution in [-0.2, 0) is 9.59 Å². The summed E-state index contributed by atoms with van der Waals surface area (Å²) < 4.78 is 0. The average Bonchev–Trinajstić information content (AvgIpc) is 3.34. The molecular formula is C15H26N2O3S. The van der Waals surface area contributed by atoms with Crippen LogP contribution in [0.15, 0.2) is 0 Å². The molecule has 1 saturated heterocycles. The molecule has 2 aliphatic rings. The molecule has 0 radical (unpaired) electrons. The largest absolute Gasteiger partial charge is 0.396 e. The summed E-state index contributed by atoms with van der Waals surface area (Å²) in [6.45, 7) is 2.31. The topological polar surface area (TPSA) is 69.6 Å². The molecule has 1 aliphatic heterocycles. The number of likely N-dealkylation sites (tertiary alicyclic amines) is 1. The zero-order valence-electron chi connectivity index (χ0n) is 12.6. The van der Waals surface area contributed by atoms with Crippen molar-refractivity contribution in [1.82, 2.24) is 10.2 Å². The quantitative estimate of drug-likeness (QED) is 0.652. The van der Waals surface area contributed by atoms with Crippen molar-refractivity contribution in [2.75, 3.05) is 37.7 Å². The van der Waals surface area contributed by atoms with Gasteiger partial charge in [-0.1, -0.05) is 0 Å². The van der Waals surface area contributed by atoms with Crippen LogP contribution in [0.5, 0.6) is 0 Å². The standard InChI is InChI=1S/C15H26N2O3S/c18-8-2-9-21-10-6-16-14(19)13-3-1-7-17(11-13)15(20)12-4-5-12/h12-13,18H,1-11H2,(H,16,19). The molecule has 5 nitrogen and oxygen atoms in total. The molecular weight excluding hydrogens is 288 g/mol. The summed E-state index contributed by atoms with van der Waals surface area (Å²) >= 11 is 1.74. The summed E-state index contributed by atoms with van der Waals surface area (Å²) in [6.07, 6.45) is 4.67. The summed E-state index contributed by atoms with van der Waals surface area (Å²) in [5.74, 6) is 2.36. The fourth-order valence-corrected chi connectivity index (χ4v) is 3.42. The minimum atomic E-state index is -0.0381. The minimum absolute atomic E-state index is 0.0381. The maximum absolute atomic E-state index is 12.1. The van der Waals surface area contributed by atoms with Crippen molar-refractivity contribution < 1.29 is 14.7 Å². The van der Waals surface area contributed by atoms with Gasteiger partial charge in [-0.25, -0.2) is 0 Å². The molecule has 21 heavy (non-hydrogen) atoms. The maximum atomic E-state index is 12.1. The molecule has 0 aromatic heterocycles. The minimum Gasteiger partial charge on any atom is -0.396 e. The number of aliphatic hydroxyl groups excluding tert-OH is 1. The molecule has 0 aromatic rings. The van der Waals surface area contributed by atoms with Crippen LogP contribution in [-0.4, -0.2) is 59.6 Å². The fourth-order valence-electron chi connectivity index (χ4n) is 2.64. The van der Waals surface area contributed by atoms with Crippen LogP contribution in [0, 0.1) is 11.8 Å².